The molecule has 0 unspecified atom stereocenters. The van der Waals surface area contributed by atoms with Crippen LogP contribution < -0.4 is 4.72 Å². The third-order valence-corrected chi connectivity index (χ3v) is 6.32. The van der Waals surface area contributed by atoms with Crippen molar-refractivity contribution >= 4 is 16.1 Å². The fourth-order valence-corrected chi connectivity index (χ4v) is 3.81. The molecule has 154 valence electrons. The predicted molar refractivity (Wildman–Crippen MR) is 103 cm³/mol. The van der Waals surface area contributed by atoms with Gasteiger partial charge < -0.3 is 14.2 Å². The van der Waals surface area contributed by atoms with Crippen LogP contribution in [-0.4, -0.2) is 80.2 Å². The van der Waals surface area contributed by atoms with Crippen molar-refractivity contribution in [3.8, 4) is 0 Å². The fraction of sp³-hybridized carbons (Fsp3) is 0.765. The van der Waals surface area contributed by atoms with Crippen LogP contribution in [0.3, 0.4) is 0 Å². The number of hydrogen-bond acceptors (Lipinski definition) is 6. The van der Waals surface area contributed by atoms with Gasteiger partial charge in [-0.15, -0.1) is 0 Å². The molecule has 0 spiro atoms. The molecule has 10 heteroatoms. The van der Waals surface area contributed by atoms with Gasteiger partial charge >= 0.3 is 0 Å². The van der Waals surface area contributed by atoms with Crippen molar-refractivity contribution in [1.29, 1.82) is 0 Å². The van der Waals surface area contributed by atoms with Crippen molar-refractivity contribution in [2.45, 2.75) is 33.7 Å². The van der Waals surface area contributed by atoms with Crippen molar-refractivity contribution in [3.63, 3.8) is 0 Å². The van der Waals surface area contributed by atoms with E-state index in [1.807, 2.05) is 13.8 Å². The highest BCUT2D eigenvalue weighted by atomic mass is 32.2. The summed E-state index contributed by atoms with van der Waals surface area (Å²) in [5, 5.41) is 0. The summed E-state index contributed by atoms with van der Waals surface area (Å²) in [6.07, 6.45) is 0. The highest BCUT2D eigenvalue weighted by Crippen LogP contribution is 2.25. The minimum absolute atomic E-state index is 0.103. The molecule has 0 saturated carbocycles. The van der Waals surface area contributed by atoms with Gasteiger partial charge in [0.1, 0.15) is 11.8 Å². The molecule has 1 amide bonds. The smallest absolute Gasteiger partial charge is 0.279 e. The molecule has 1 saturated heterocycles. The van der Waals surface area contributed by atoms with E-state index in [1.165, 1.54) is 14.1 Å². The van der Waals surface area contributed by atoms with E-state index in [4.69, 9.17) is 4.42 Å². The van der Waals surface area contributed by atoms with E-state index in [-0.39, 0.29) is 23.4 Å². The maximum Gasteiger partial charge on any atom is 0.279 e. The van der Waals surface area contributed by atoms with Crippen LogP contribution in [0, 0.1) is 12.8 Å². The minimum Gasteiger partial charge on any atom is -0.443 e. The van der Waals surface area contributed by atoms with Crippen molar-refractivity contribution in [1.82, 2.24) is 23.8 Å². The Kier molecular flexibility index (Phi) is 7.01. The second-order valence-corrected chi connectivity index (χ2v) is 9.23. The third-order valence-electron chi connectivity index (χ3n) is 4.81. The number of likely N-dealkylation sites (N-methyl/N-ethyl adjacent to an activating group) is 1. The molecule has 1 atom stereocenters. The van der Waals surface area contributed by atoms with Gasteiger partial charge in [0, 0.05) is 40.3 Å². The summed E-state index contributed by atoms with van der Waals surface area (Å²) >= 11 is 0. The van der Waals surface area contributed by atoms with Gasteiger partial charge in [-0.3, -0.25) is 4.79 Å². The van der Waals surface area contributed by atoms with Crippen LogP contribution in [0.4, 0.5) is 0 Å². The largest absolute Gasteiger partial charge is 0.443 e. The van der Waals surface area contributed by atoms with Crippen molar-refractivity contribution in [3.05, 3.63) is 17.3 Å². The summed E-state index contributed by atoms with van der Waals surface area (Å²) in [5.74, 6) is 0.344. The second-order valence-electron chi connectivity index (χ2n) is 7.31. The lowest BCUT2D eigenvalue weighted by molar-refractivity contribution is 0.0636. The van der Waals surface area contributed by atoms with Gasteiger partial charge in [-0.1, -0.05) is 20.8 Å². The number of carbonyl (C=O) groups is 1. The number of rotatable bonds is 7. The number of carbonyl (C=O) groups excluding carboxylic acids is 1. The average Bonchev–Trinajstić information content (AvgIpc) is 3.00. The number of aryl methyl sites for hydroxylation is 1. The molecular weight excluding hydrogens is 370 g/mol. The molecular formula is C17H31N5O4S. The fourth-order valence-electron chi connectivity index (χ4n) is 2.90. The molecule has 1 aromatic rings. The lowest BCUT2D eigenvalue weighted by atomic mass is 10.1. The highest BCUT2D eigenvalue weighted by Gasteiger charge is 2.31. The second kappa shape index (κ2) is 8.68. The van der Waals surface area contributed by atoms with Gasteiger partial charge in [0.05, 0.1) is 0 Å². The zero-order valence-corrected chi connectivity index (χ0v) is 17.8. The van der Waals surface area contributed by atoms with Crippen LogP contribution in [-0.2, 0) is 10.2 Å². The van der Waals surface area contributed by atoms with E-state index in [0.717, 1.165) is 23.9 Å². The van der Waals surface area contributed by atoms with Gasteiger partial charge in [0.2, 0.25) is 5.89 Å². The molecule has 0 bridgehead atoms. The summed E-state index contributed by atoms with van der Waals surface area (Å²) in [5.41, 5.74) is 0.254. The molecule has 0 radical (unpaired) electrons. The van der Waals surface area contributed by atoms with E-state index in [1.54, 1.807) is 11.8 Å². The monoisotopic (exact) mass is 401 g/mol. The number of amides is 1. The van der Waals surface area contributed by atoms with Gasteiger partial charge in [-0.25, -0.2) is 4.98 Å². The number of nitrogens with zero attached hydrogens (tertiary/aromatic N) is 4. The topological polar surface area (TPSA) is 99.0 Å². The zero-order chi connectivity index (χ0) is 20.4. The van der Waals surface area contributed by atoms with E-state index >= 15 is 0 Å². The van der Waals surface area contributed by atoms with Crippen molar-refractivity contribution < 1.29 is 17.6 Å². The summed E-state index contributed by atoms with van der Waals surface area (Å²) in [7, 11) is -0.762. The normalized spacial score (nSPS) is 17.7. The summed E-state index contributed by atoms with van der Waals surface area (Å²) in [4.78, 5) is 21.3. The van der Waals surface area contributed by atoms with Gasteiger partial charge in [-0.2, -0.15) is 17.4 Å². The summed E-state index contributed by atoms with van der Waals surface area (Å²) < 4.78 is 33.8. The number of aromatic nitrogens is 1. The molecule has 1 aromatic heterocycles. The highest BCUT2D eigenvalue weighted by molar-refractivity contribution is 7.87. The molecule has 1 aliphatic rings. The maximum absolute atomic E-state index is 12.9. The third kappa shape index (κ3) is 5.07. The zero-order valence-electron chi connectivity index (χ0n) is 17.0. The first kappa shape index (κ1) is 21.8. The SMILES string of the molecule is CCN1CCN(C(=O)c2nc([C@H](NS(=O)(=O)N(C)C)C(C)C)oc2C)CC1. The number of hydrogen-bond donors (Lipinski definition) is 1. The van der Waals surface area contributed by atoms with Crippen LogP contribution in [0.5, 0.6) is 0 Å². The molecule has 0 aliphatic carbocycles. The lowest BCUT2D eigenvalue weighted by Gasteiger charge is -2.33. The van der Waals surface area contributed by atoms with Crippen LogP contribution in [0.15, 0.2) is 4.42 Å². The van der Waals surface area contributed by atoms with Crippen molar-refractivity contribution in [2.75, 3.05) is 46.8 Å². The Bertz CT molecular complexity index is 751. The lowest BCUT2D eigenvalue weighted by Crippen LogP contribution is -2.48. The Balaban J connectivity index is 2.21. The summed E-state index contributed by atoms with van der Waals surface area (Å²) in [6, 6.07) is -0.658. The van der Waals surface area contributed by atoms with Crippen LogP contribution >= 0.6 is 0 Å². The molecule has 9 nitrogen and oxygen atoms in total. The van der Waals surface area contributed by atoms with Gasteiger partial charge in [0.15, 0.2) is 5.69 Å². The van der Waals surface area contributed by atoms with E-state index in [0.29, 0.717) is 18.8 Å². The number of nitrogens with one attached hydrogen (secondary N) is 1. The Hall–Kier alpha value is -1.49. The predicted octanol–water partition coefficient (Wildman–Crippen LogP) is 0.854. The van der Waals surface area contributed by atoms with Crippen molar-refractivity contribution in [2.24, 2.45) is 5.92 Å². The molecule has 2 rings (SSSR count). The first-order chi connectivity index (χ1) is 12.6. The van der Waals surface area contributed by atoms with E-state index in [2.05, 4.69) is 21.5 Å². The quantitative estimate of drug-likeness (QED) is 0.727. The van der Waals surface area contributed by atoms with Gasteiger partial charge in [-0.05, 0) is 19.4 Å². The molecule has 27 heavy (non-hydrogen) atoms. The van der Waals surface area contributed by atoms with E-state index < -0.39 is 16.3 Å². The summed E-state index contributed by atoms with van der Waals surface area (Å²) in [6.45, 7) is 11.5. The molecule has 0 aromatic carbocycles. The van der Waals surface area contributed by atoms with Gasteiger partial charge in [0.25, 0.3) is 16.1 Å². The average molecular weight is 402 g/mol. The van der Waals surface area contributed by atoms with Crippen LogP contribution in [0.2, 0.25) is 0 Å². The Morgan fingerprint density at radius 1 is 1.26 bits per heavy atom. The van der Waals surface area contributed by atoms with Crippen LogP contribution in [0.25, 0.3) is 0 Å². The Morgan fingerprint density at radius 2 is 1.85 bits per heavy atom. The number of piperazine rings is 1. The number of oxazole rings is 1. The molecule has 1 fully saturated rings. The van der Waals surface area contributed by atoms with E-state index in [9.17, 15) is 13.2 Å². The Labute approximate surface area is 161 Å². The van der Waals surface area contributed by atoms with Crippen LogP contribution in [0.1, 0.15) is 49.0 Å². The first-order valence-corrected chi connectivity index (χ1v) is 10.7. The first-order valence-electron chi connectivity index (χ1n) is 9.25. The maximum atomic E-state index is 12.9. The minimum atomic E-state index is -3.66. The Morgan fingerprint density at radius 3 is 2.33 bits per heavy atom. The standard InChI is InChI=1S/C17H31N5O4S/c1-7-21-8-10-22(11-9-21)17(23)15-13(4)26-16(18-15)14(12(2)3)19-27(24,25)20(5)6/h12,14,19H,7-11H2,1-6H3/t14-/m1/s1. The molecule has 2 heterocycles. The molecule has 1 N–H and O–H groups in total. The molecule has 1 aliphatic heterocycles.